The summed E-state index contributed by atoms with van der Waals surface area (Å²) in [7, 11) is -3.98. The van der Waals surface area contributed by atoms with E-state index in [-0.39, 0.29) is 59.5 Å². The molecular formula is C25H33Cl2N6O7PS. The van der Waals surface area contributed by atoms with E-state index in [0.29, 0.717) is 0 Å². The average molecular weight is 664 g/mol. The average Bonchev–Trinajstić information content (AvgIpc) is 3.47. The minimum Gasteiger partial charge on any atom is -0.395 e. The van der Waals surface area contributed by atoms with Crippen LogP contribution in [-0.4, -0.2) is 77.5 Å². The predicted molar refractivity (Wildman–Crippen MR) is 160 cm³/mol. The first-order valence-electron chi connectivity index (χ1n) is 12.9. The smallest absolute Gasteiger partial charge is 0.395 e. The Bertz CT molecular complexity index is 1450. The quantitative estimate of drug-likeness (QED) is 0.0903. The number of carbonyl (C=O) groups excluding carboxylic acids is 1. The number of nitrogen functional groups attached to an aromatic ring is 1. The number of hydrogen-bond donors (Lipinski definition) is 4. The molecule has 0 radical (unpaired) electrons. The number of aliphatic hydroxyl groups excluding tert-OH is 2. The van der Waals surface area contributed by atoms with Crippen LogP contribution in [0.4, 0.5) is 5.95 Å². The molecule has 1 saturated heterocycles. The van der Waals surface area contributed by atoms with Crippen molar-refractivity contribution >= 4 is 64.9 Å². The molecule has 0 bridgehead atoms. The highest BCUT2D eigenvalue weighted by atomic mass is 35.5. The summed E-state index contributed by atoms with van der Waals surface area (Å²) >= 11 is 13.9. The molecule has 2 aromatic heterocycles. The van der Waals surface area contributed by atoms with Crippen molar-refractivity contribution in [3.63, 3.8) is 0 Å². The molecule has 0 saturated carbocycles. The van der Waals surface area contributed by atoms with Crippen molar-refractivity contribution in [1.29, 1.82) is 0 Å². The van der Waals surface area contributed by atoms with E-state index in [4.69, 9.17) is 42.7 Å². The minimum atomic E-state index is -3.98. The Morgan fingerprint density at radius 2 is 2.02 bits per heavy atom. The van der Waals surface area contributed by atoms with Gasteiger partial charge in [-0.2, -0.15) is 9.97 Å². The monoisotopic (exact) mass is 662 g/mol. The molecule has 3 heterocycles. The molecule has 5 atom stereocenters. The highest BCUT2D eigenvalue weighted by Crippen LogP contribution is 2.48. The molecule has 5 N–H and O–H groups in total. The molecule has 13 nitrogen and oxygen atoms in total. The van der Waals surface area contributed by atoms with Gasteiger partial charge in [-0.05, 0) is 26.3 Å². The van der Waals surface area contributed by atoms with Gasteiger partial charge in [-0.1, -0.05) is 53.7 Å². The number of imidazole rings is 1. The largest absolute Gasteiger partial charge is 0.405 e. The third-order valence-corrected chi connectivity index (χ3v) is 10.0. The lowest BCUT2D eigenvalue weighted by Crippen LogP contribution is -2.40. The summed E-state index contributed by atoms with van der Waals surface area (Å²) in [5.41, 5.74) is 6.21. The Morgan fingerprint density at radius 1 is 1.31 bits per heavy atom. The highest BCUT2D eigenvalue weighted by Gasteiger charge is 2.54. The van der Waals surface area contributed by atoms with Gasteiger partial charge in [0.1, 0.15) is 22.6 Å². The van der Waals surface area contributed by atoms with Gasteiger partial charge in [0.25, 0.3) is 0 Å². The SMILES string of the molecule is CC(C)(CO)C(=O)SCCO[P@](=O)(NCc1ccccc1)OC[C@H]1O[C@@H](n2cnc3c(Cl)nc(N)nc32)[C@](C)(Cl)[C@@H]1O. The van der Waals surface area contributed by atoms with Gasteiger partial charge in [0, 0.05) is 12.3 Å². The second-order valence-electron chi connectivity index (χ2n) is 10.4. The molecule has 0 spiro atoms. The number of aromatic nitrogens is 4. The number of carbonyl (C=O) groups is 1. The summed E-state index contributed by atoms with van der Waals surface area (Å²) < 4.78 is 32.7. The van der Waals surface area contributed by atoms with E-state index >= 15 is 0 Å². The van der Waals surface area contributed by atoms with Gasteiger partial charge in [0.2, 0.25) is 5.95 Å². The fourth-order valence-corrected chi connectivity index (χ4v) is 6.81. The van der Waals surface area contributed by atoms with Crippen molar-refractivity contribution in [2.45, 2.75) is 50.6 Å². The van der Waals surface area contributed by atoms with Crippen LogP contribution in [0.2, 0.25) is 5.15 Å². The molecule has 1 aliphatic heterocycles. The number of nitrogens with two attached hydrogens (primary N) is 1. The molecule has 1 aliphatic rings. The zero-order valence-corrected chi connectivity index (χ0v) is 26.4. The summed E-state index contributed by atoms with van der Waals surface area (Å²) in [6, 6.07) is 9.21. The zero-order valence-electron chi connectivity index (χ0n) is 23.1. The van der Waals surface area contributed by atoms with Crippen molar-refractivity contribution in [1.82, 2.24) is 24.6 Å². The maximum Gasteiger partial charge on any atom is 0.405 e. The summed E-state index contributed by atoms with van der Waals surface area (Å²) in [6.07, 6.45) is -1.87. The van der Waals surface area contributed by atoms with Gasteiger partial charge in [-0.3, -0.25) is 18.4 Å². The fraction of sp³-hybridized carbons (Fsp3) is 0.520. The number of nitrogens with zero attached hydrogens (tertiary/aromatic N) is 4. The van der Waals surface area contributed by atoms with Crippen molar-refractivity contribution < 1.29 is 33.4 Å². The van der Waals surface area contributed by atoms with Crippen LogP contribution >= 0.6 is 42.7 Å². The van der Waals surface area contributed by atoms with Crippen molar-refractivity contribution in [3.8, 4) is 0 Å². The Labute approximate surface area is 257 Å². The lowest BCUT2D eigenvalue weighted by Gasteiger charge is -2.26. The second kappa shape index (κ2) is 13.4. The molecule has 3 aromatic rings. The number of nitrogens with one attached hydrogen (secondary N) is 1. The van der Waals surface area contributed by atoms with E-state index in [1.807, 2.05) is 30.3 Å². The minimum absolute atomic E-state index is 0.0494. The van der Waals surface area contributed by atoms with Gasteiger partial charge in [0.15, 0.2) is 22.1 Å². The van der Waals surface area contributed by atoms with E-state index in [1.165, 1.54) is 10.9 Å². The maximum atomic E-state index is 13.7. The molecule has 230 valence electrons. The first-order valence-corrected chi connectivity index (χ1v) is 16.2. The number of thioether (sulfide) groups is 1. The maximum absolute atomic E-state index is 13.7. The molecule has 17 heteroatoms. The van der Waals surface area contributed by atoms with Crippen LogP contribution < -0.4 is 10.8 Å². The lowest BCUT2D eigenvalue weighted by molar-refractivity contribution is -0.119. The van der Waals surface area contributed by atoms with Crippen LogP contribution in [0.3, 0.4) is 0 Å². The van der Waals surface area contributed by atoms with E-state index in [0.717, 1.165) is 17.3 Å². The van der Waals surface area contributed by atoms with Gasteiger partial charge in [-0.15, -0.1) is 11.6 Å². The molecule has 0 amide bonds. The predicted octanol–water partition coefficient (Wildman–Crippen LogP) is 3.53. The van der Waals surface area contributed by atoms with Crippen LogP contribution in [0.25, 0.3) is 11.2 Å². The van der Waals surface area contributed by atoms with Crippen LogP contribution in [0.5, 0.6) is 0 Å². The van der Waals surface area contributed by atoms with Gasteiger partial charge in [0.05, 0.1) is 31.6 Å². The van der Waals surface area contributed by atoms with Gasteiger partial charge >= 0.3 is 7.75 Å². The molecule has 0 unspecified atom stereocenters. The van der Waals surface area contributed by atoms with E-state index < -0.39 is 36.5 Å². The van der Waals surface area contributed by atoms with E-state index in [2.05, 4.69) is 20.0 Å². The summed E-state index contributed by atoms with van der Waals surface area (Å²) in [5.74, 6) is 0.0974. The lowest BCUT2D eigenvalue weighted by atomic mass is 9.97. The first-order chi connectivity index (χ1) is 19.8. The third-order valence-electron chi connectivity index (χ3n) is 6.62. The topological polar surface area (TPSA) is 184 Å². The number of anilines is 1. The summed E-state index contributed by atoms with van der Waals surface area (Å²) in [4.78, 5) is 23.2. The van der Waals surface area contributed by atoms with Gasteiger partial charge in [-0.25, -0.2) is 14.6 Å². The Hall–Kier alpha value is -1.84. The van der Waals surface area contributed by atoms with Crippen molar-refractivity contribution in [2.24, 2.45) is 5.41 Å². The normalized spacial score (nSPS) is 24.2. The molecule has 4 rings (SSSR count). The molecule has 42 heavy (non-hydrogen) atoms. The number of hydrogen-bond acceptors (Lipinski definition) is 12. The Kier molecular flexibility index (Phi) is 10.6. The van der Waals surface area contributed by atoms with E-state index in [9.17, 15) is 19.6 Å². The molecule has 1 aromatic carbocycles. The zero-order chi connectivity index (χ0) is 30.7. The number of ether oxygens (including phenoxy) is 1. The molecule has 1 fully saturated rings. The standard InChI is InChI=1S/C25H33Cl2N6O7PS/c1-24(2,13-34)22(36)42-10-9-38-41(37,30-11-15-7-5-4-6-8-15)39-12-16-18(35)25(3,27)21(40-16)33-14-29-17-19(26)31-23(28)32-20(17)33/h4-8,14,16,18,21,34-35H,9-13H2,1-3H3,(H,30,37)(H2,28,31,32)/t16-,18-,21-,25-,41-/m1/s1. The summed E-state index contributed by atoms with van der Waals surface area (Å²) in [6.45, 7) is 4.25. The van der Waals surface area contributed by atoms with Crippen LogP contribution in [-0.2, 0) is 29.7 Å². The number of fused-ring (bicyclic) bond motifs is 1. The van der Waals surface area contributed by atoms with Crippen molar-refractivity contribution in [2.75, 3.05) is 31.3 Å². The molecule has 0 aliphatic carbocycles. The van der Waals surface area contributed by atoms with E-state index in [1.54, 1.807) is 20.8 Å². The van der Waals surface area contributed by atoms with Crippen LogP contribution in [0.1, 0.15) is 32.6 Å². The highest BCUT2D eigenvalue weighted by molar-refractivity contribution is 8.13. The Morgan fingerprint density at radius 3 is 2.71 bits per heavy atom. The van der Waals surface area contributed by atoms with Crippen LogP contribution in [0.15, 0.2) is 36.7 Å². The number of aliphatic hydroxyl groups is 2. The third kappa shape index (κ3) is 7.44. The summed E-state index contributed by atoms with van der Waals surface area (Å²) in [5, 5.41) is 23.1. The number of alkyl halides is 1. The first kappa shape index (κ1) is 33.1. The van der Waals surface area contributed by atoms with Crippen LogP contribution in [0, 0.1) is 5.41 Å². The fourth-order valence-electron chi connectivity index (χ4n) is 4.06. The van der Waals surface area contributed by atoms with Gasteiger partial charge < -0.3 is 20.7 Å². The van der Waals surface area contributed by atoms with Crippen molar-refractivity contribution in [3.05, 3.63) is 47.4 Å². The second-order valence-corrected chi connectivity index (χ2v) is 14.5. The number of benzene rings is 1. The number of rotatable bonds is 13. The number of halogens is 2. The Balaban J connectivity index is 1.46. The molecular weight excluding hydrogens is 630 g/mol.